The zero-order chi connectivity index (χ0) is 15.8. The highest BCUT2D eigenvalue weighted by atomic mass is 32.1. The fourth-order valence-corrected chi connectivity index (χ4v) is 3.24. The molecule has 3 N–H and O–H groups in total. The van der Waals surface area contributed by atoms with Crippen LogP contribution in [0.3, 0.4) is 0 Å². The Balaban J connectivity index is 3.15. The molecule has 0 saturated carbocycles. The Labute approximate surface area is 130 Å². The summed E-state index contributed by atoms with van der Waals surface area (Å²) in [5, 5.41) is 13.0. The van der Waals surface area contributed by atoms with Gasteiger partial charge in [-0.1, -0.05) is 20.8 Å². The summed E-state index contributed by atoms with van der Waals surface area (Å²) in [4.78, 5) is 14.7. The summed E-state index contributed by atoms with van der Waals surface area (Å²) >= 11 is 1.32. The zero-order valence-electron chi connectivity index (χ0n) is 13.0. The standard InChI is InChI=1S/C15H24N4OS/c1-4-7-18-14(20)13-12(17)11(10-16)15(21-13)19(8-5-2)9-6-3/h4-9,17H2,1-3H3,(H,18,20). The second kappa shape index (κ2) is 8.53. The zero-order valence-corrected chi connectivity index (χ0v) is 13.8. The molecule has 6 heteroatoms. The molecule has 21 heavy (non-hydrogen) atoms. The summed E-state index contributed by atoms with van der Waals surface area (Å²) in [6, 6.07) is 2.16. The van der Waals surface area contributed by atoms with Crippen molar-refractivity contribution in [2.75, 3.05) is 30.3 Å². The van der Waals surface area contributed by atoms with Crippen LogP contribution in [0.1, 0.15) is 55.3 Å². The Morgan fingerprint density at radius 1 is 1.29 bits per heavy atom. The molecule has 0 atom stereocenters. The van der Waals surface area contributed by atoms with Gasteiger partial charge in [-0.15, -0.1) is 11.3 Å². The molecule has 5 nitrogen and oxygen atoms in total. The summed E-state index contributed by atoms with van der Waals surface area (Å²) in [6.07, 6.45) is 2.84. The second-order valence-electron chi connectivity index (χ2n) is 4.88. The Bertz CT molecular complexity index is 512. The van der Waals surface area contributed by atoms with Crippen LogP contribution in [0.2, 0.25) is 0 Å². The molecule has 0 aromatic carbocycles. The van der Waals surface area contributed by atoms with E-state index in [0.29, 0.717) is 22.7 Å². The van der Waals surface area contributed by atoms with E-state index in [-0.39, 0.29) is 5.91 Å². The fraction of sp³-hybridized carbons (Fsp3) is 0.600. The van der Waals surface area contributed by atoms with Crippen molar-refractivity contribution in [3.05, 3.63) is 10.4 Å². The molecule has 0 bridgehead atoms. The topological polar surface area (TPSA) is 82.2 Å². The van der Waals surface area contributed by atoms with E-state index in [0.717, 1.165) is 37.4 Å². The fourth-order valence-electron chi connectivity index (χ4n) is 2.10. The number of nitriles is 1. The van der Waals surface area contributed by atoms with Crippen LogP contribution in [0.15, 0.2) is 0 Å². The molecule has 1 heterocycles. The number of carbonyl (C=O) groups excluding carboxylic acids is 1. The van der Waals surface area contributed by atoms with E-state index in [1.165, 1.54) is 11.3 Å². The SMILES string of the molecule is CCCNC(=O)c1sc(N(CCC)CCC)c(C#N)c1N. The number of hydrogen-bond acceptors (Lipinski definition) is 5. The van der Waals surface area contributed by atoms with Crippen molar-refractivity contribution in [3.63, 3.8) is 0 Å². The van der Waals surface area contributed by atoms with Crippen LogP contribution in [0.25, 0.3) is 0 Å². The van der Waals surface area contributed by atoms with E-state index in [2.05, 4.69) is 30.1 Å². The third kappa shape index (κ3) is 4.11. The van der Waals surface area contributed by atoms with E-state index >= 15 is 0 Å². The Morgan fingerprint density at radius 3 is 2.38 bits per heavy atom. The van der Waals surface area contributed by atoms with E-state index < -0.39 is 0 Å². The van der Waals surface area contributed by atoms with E-state index in [1.807, 2.05) is 6.92 Å². The van der Waals surface area contributed by atoms with Gasteiger partial charge in [0, 0.05) is 19.6 Å². The number of carbonyl (C=O) groups is 1. The molecular formula is C15H24N4OS. The van der Waals surface area contributed by atoms with Crippen LogP contribution in [-0.4, -0.2) is 25.5 Å². The predicted octanol–water partition coefficient (Wildman–Crippen LogP) is 2.97. The monoisotopic (exact) mass is 308 g/mol. The van der Waals surface area contributed by atoms with Crippen molar-refractivity contribution in [1.82, 2.24) is 5.32 Å². The van der Waals surface area contributed by atoms with E-state index in [4.69, 9.17) is 5.73 Å². The molecule has 0 spiro atoms. The summed E-state index contributed by atoms with van der Waals surface area (Å²) in [5.41, 5.74) is 6.76. The van der Waals surface area contributed by atoms with E-state index in [1.54, 1.807) is 0 Å². The summed E-state index contributed by atoms with van der Waals surface area (Å²) < 4.78 is 0. The number of thiophene rings is 1. The van der Waals surface area contributed by atoms with Gasteiger partial charge in [-0.3, -0.25) is 4.79 Å². The summed E-state index contributed by atoms with van der Waals surface area (Å²) in [7, 11) is 0. The summed E-state index contributed by atoms with van der Waals surface area (Å²) in [6.45, 7) is 8.52. The smallest absolute Gasteiger partial charge is 0.263 e. The lowest BCUT2D eigenvalue weighted by molar-refractivity contribution is 0.0958. The minimum atomic E-state index is -0.185. The number of anilines is 2. The first-order chi connectivity index (χ1) is 10.1. The first-order valence-electron chi connectivity index (χ1n) is 7.46. The molecule has 0 aliphatic heterocycles. The number of hydrogen-bond donors (Lipinski definition) is 2. The number of nitrogens with one attached hydrogen (secondary N) is 1. The van der Waals surface area contributed by atoms with Crippen molar-refractivity contribution in [3.8, 4) is 6.07 Å². The molecular weight excluding hydrogens is 284 g/mol. The van der Waals surface area contributed by atoms with Gasteiger partial charge in [-0.2, -0.15) is 5.26 Å². The quantitative estimate of drug-likeness (QED) is 0.773. The maximum atomic E-state index is 12.1. The van der Waals surface area contributed by atoms with Gasteiger partial charge in [-0.05, 0) is 19.3 Å². The van der Waals surface area contributed by atoms with Crippen LogP contribution in [-0.2, 0) is 0 Å². The normalized spacial score (nSPS) is 10.2. The van der Waals surface area contributed by atoms with Gasteiger partial charge in [0.1, 0.15) is 21.5 Å². The highest BCUT2D eigenvalue weighted by molar-refractivity contribution is 7.19. The molecule has 1 aromatic heterocycles. The predicted molar refractivity (Wildman–Crippen MR) is 88.9 cm³/mol. The van der Waals surface area contributed by atoms with Crippen LogP contribution in [0.5, 0.6) is 0 Å². The van der Waals surface area contributed by atoms with Crippen molar-refractivity contribution < 1.29 is 4.79 Å². The number of rotatable bonds is 8. The Morgan fingerprint density at radius 2 is 1.90 bits per heavy atom. The third-order valence-electron chi connectivity index (χ3n) is 3.05. The van der Waals surface area contributed by atoms with Crippen molar-refractivity contribution >= 4 is 27.9 Å². The maximum absolute atomic E-state index is 12.1. The van der Waals surface area contributed by atoms with Crippen LogP contribution in [0, 0.1) is 11.3 Å². The molecule has 0 unspecified atom stereocenters. The molecule has 1 rings (SSSR count). The minimum absolute atomic E-state index is 0.185. The van der Waals surface area contributed by atoms with Gasteiger partial charge in [0.05, 0.1) is 5.69 Å². The second-order valence-corrected chi connectivity index (χ2v) is 5.88. The molecule has 0 fully saturated rings. The Hall–Kier alpha value is -1.74. The van der Waals surface area contributed by atoms with Crippen LogP contribution in [0.4, 0.5) is 10.7 Å². The van der Waals surface area contributed by atoms with Gasteiger partial charge in [0.2, 0.25) is 0 Å². The van der Waals surface area contributed by atoms with Gasteiger partial charge < -0.3 is 16.0 Å². The van der Waals surface area contributed by atoms with Gasteiger partial charge in [0.15, 0.2) is 0 Å². The minimum Gasteiger partial charge on any atom is -0.396 e. The van der Waals surface area contributed by atoms with Crippen molar-refractivity contribution in [2.24, 2.45) is 0 Å². The lowest BCUT2D eigenvalue weighted by atomic mass is 10.2. The van der Waals surface area contributed by atoms with Crippen molar-refractivity contribution in [1.29, 1.82) is 5.26 Å². The van der Waals surface area contributed by atoms with E-state index in [9.17, 15) is 10.1 Å². The first-order valence-corrected chi connectivity index (χ1v) is 8.27. The number of nitrogens with two attached hydrogens (primary N) is 1. The number of amides is 1. The average molecular weight is 308 g/mol. The molecule has 1 aromatic rings. The lowest BCUT2D eigenvalue weighted by Crippen LogP contribution is -2.24. The van der Waals surface area contributed by atoms with Crippen LogP contribution < -0.4 is 16.0 Å². The first kappa shape index (κ1) is 17.3. The molecule has 0 aliphatic rings. The molecule has 0 radical (unpaired) electrons. The Kier molecular flexibility index (Phi) is 7.03. The molecule has 1 amide bonds. The molecule has 0 aliphatic carbocycles. The average Bonchev–Trinajstić information content (AvgIpc) is 2.81. The largest absolute Gasteiger partial charge is 0.396 e. The van der Waals surface area contributed by atoms with Gasteiger partial charge in [-0.25, -0.2) is 0 Å². The van der Waals surface area contributed by atoms with Gasteiger partial charge >= 0.3 is 0 Å². The number of nitrogens with zero attached hydrogens (tertiary/aromatic N) is 2. The molecule has 116 valence electrons. The molecule has 0 saturated heterocycles. The van der Waals surface area contributed by atoms with Crippen LogP contribution >= 0.6 is 11.3 Å². The lowest BCUT2D eigenvalue weighted by Gasteiger charge is -2.22. The van der Waals surface area contributed by atoms with Crippen molar-refractivity contribution in [2.45, 2.75) is 40.0 Å². The highest BCUT2D eigenvalue weighted by Crippen LogP contribution is 2.38. The summed E-state index contributed by atoms with van der Waals surface area (Å²) in [5.74, 6) is -0.185. The number of nitrogen functional groups attached to an aromatic ring is 1. The highest BCUT2D eigenvalue weighted by Gasteiger charge is 2.23. The maximum Gasteiger partial charge on any atom is 0.263 e. The third-order valence-corrected chi connectivity index (χ3v) is 4.32. The van der Waals surface area contributed by atoms with Gasteiger partial charge in [0.25, 0.3) is 5.91 Å².